The van der Waals surface area contributed by atoms with Crippen molar-refractivity contribution in [2.24, 2.45) is 0 Å². The van der Waals surface area contributed by atoms with Crippen molar-refractivity contribution in [3.63, 3.8) is 0 Å². The maximum Gasteiger partial charge on any atom is 0.238 e. The van der Waals surface area contributed by atoms with Crippen molar-refractivity contribution in [2.75, 3.05) is 37.8 Å². The molecule has 1 fully saturated rings. The molecule has 1 heterocycles. The SMILES string of the molecule is Cc1ccc(NC(=O)CN(C)CC2CCCCO2)c(N)c1. The molecule has 0 radical (unpaired) electrons. The van der Waals surface area contributed by atoms with E-state index in [1.54, 1.807) is 0 Å². The van der Waals surface area contributed by atoms with E-state index in [1.165, 1.54) is 6.42 Å². The molecule has 0 spiro atoms. The van der Waals surface area contributed by atoms with Gasteiger partial charge < -0.3 is 15.8 Å². The smallest absolute Gasteiger partial charge is 0.238 e. The first kappa shape index (κ1) is 15.8. The largest absolute Gasteiger partial charge is 0.397 e. The quantitative estimate of drug-likeness (QED) is 0.814. The van der Waals surface area contributed by atoms with Crippen molar-refractivity contribution in [2.45, 2.75) is 32.3 Å². The normalized spacial score (nSPS) is 18.7. The van der Waals surface area contributed by atoms with Gasteiger partial charge in [-0.1, -0.05) is 6.07 Å². The Bertz CT molecular complexity index is 484. The molecular weight excluding hydrogens is 266 g/mol. The van der Waals surface area contributed by atoms with Crippen LogP contribution >= 0.6 is 0 Å². The van der Waals surface area contributed by atoms with Gasteiger partial charge in [0.2, 0.25) is 5.91 Å². The van der Waals surface area contributed by atoms with Crippen LogP contribution in [0.4, 0.5) is 11.4 Å². The van der Waals surface area contributed by atoms with E-state index in [0.29, 0.717) is 17.9 Å². The van der Waals surface area contributed by atoms with Gasteiger partial charge in [0.1, 0.15) is 0 Å². The number of aryl methyl sites for hydroxylation is 1. The molecule has 5 nitrogen and oxygen atoms in total. The Morgan fingerprint density at radius 2 is 2.29 bits per heavy atom. The molecule has 1 unspecified atom stereocenters. The Kier molecular flexibility index (Phi) is 5.59. The number of carbonyl (C=O) groups excluding carboxylic acids is 1. The predicted molar refractivity (Wildman–Crippen MR) is 85.3 cm³/mol. The van der Waals surface area contributed by atoms with Crippen LogP contribution in [0.5, 0.6) is 0 Å². The molecule has 0 saturated carbocycles. The third-order valence-corrected chi connectivity index (χ3v) is 3.68. The van der Waals surface area contributed by atoms with Gasteiger partial charge >= 0.3 is 0 Å². The van der Waals surface area contributed by atoms with E-state index >= 15 is 0 Å². The summed E-state index contributed by atoms with van der Waals surface area (Å²) < 4.78 is 5.69. The molecule has 3 N–H and O–H groups in total. The van der Waals surface area contributed by atoms with E-state index < -0.39 is 0 Å². The highest BCUT2D eigenvalue weighted by molar-refractivity contribution is 5.95. The summed E-state index contributed by atoms with van der Waals surface area (Å²) in [6.07, 6.45) is 3.69. The molecule has 5 heteroatoms. The second kappa shape index (κ2) is 7.43. The van der Waals surface area contributed by atoms with Crippen LogP contribution in [0.15, 0.2) is 18.2 Å². The van der Waals surface area contributed by atoms with Gasteiger partial charge in [-0.25, -0.2) is 0 Å². The van der Waals surface area contributed by atoms with Crippen molar-refractivity contribution in [1.29, 1.82) is 0 Å². The van der Waals surface area contributed by atoms with E-state index in [2.05, 4.69) is 5.32 Å². The first-order valence-corrected chi connectivity index (χ1v) is 7.50. The number of amides is 1. The Balaban J connectivity index is 1.80. The highest BCUT2D eigenvalue weighted by Crippen LogP contribution is 2.19. The number of nitrogens with two attached hydrogens (primary N) is 1. The zero-order chi connectivity index (χ0) is 15.2. The van der Waals surface area contributed by atoms with Gasteiger partial charge in [0.25, 0.3) is 0 Å². The fraction of sp³-hybridized carbons (Fsp3) is 0.562. The van der Waals surface area contributed by atoms with Crippen LogP contribution in [0.2, 0.25) is 0 Å². The molecule has 1 aromatic carbocycles. The highest BCUT2D eigenvalue weighted by atomic mass is 16.5. The van der Waals surface area contributed by atoms with Crippen molar-refractivity contribution < 1.29 is 9.53 Å². The standard InChI is InChI=1S/C16H25N3O2/c1-12-6-7-15(14(17)9-12)18-16(20)11-19(2)10-13-5-3-4-8-21-13/h6-7,9,13H,3-5,8,10-11,17H2,1-2H3,(H,18,20). The Labute approximate surface area is 126 Å². The maximum absolute atomic E-state index is 12.1. The predicted octanol–water partition coefficient (Wildman–Crippen LogP) is 2.02. The number of anilines is 2. The zero-order valence-electron chi connectivity index (χ0n) is 12.9. The monoisotopic (exact) mass is 291 g/mol. The lowest BCUT2D eigenvalue weighted by atomic mass is 10.1. The van der Waals surface area contributed by atoms with Crippen molar-refractivity contribution in [3.05, 3.63) is 23.8 Å². The zero-order valence-corrected chi connectivity index (χ0v) is 12.9. The van der Waals surface area contributed by atoms with E-state index in [9.17, 15) is 4.79 Å². The number of nitrogens with zero attached hydrogens (tertiary/aromatic N) is 1. The summed E-state index contributed by atoms with van der Waals surface area (Å²) in [7, 11) is 1.94. The molecule has 0 aromatic heterocycles. The topological polar surface area (TPSA) is 67.6 Å². The van der Waals surface area contributed by atoms with Crippen LogP contribution < -0.4 is 11.1 Å². The van der Waals surface area contributed by atoms with Gasteiger partial charge in [0, 0.05) is 13.2 Å². The van der Waals surface area contributed by atoms with Gasteiger partial charge in [0.15, 0.2) is 0 Å². The van der Waals surface area contributed by atoms with Crippen molar-refractivity contribution in [1.82, 2.24) is 4.90 Å². The minimum Gasteiger partial charge on any atom is -0.397 e. The molecule has 1 aliphatic heterocycles. The molecule has 1 saturated heterocycles. The van der Waals surface area contributed by atoms with Crippen LogP contribution in [0.3, 0.4) is 0 Å². The number of hydrogen-bond acceptors (Lipinski definition) is 4. The number of nitrogens with one attached hydrogen (secondary N) is 1. The lowest BCUT2D eigenvalue weighted by molar-refractivity contribution is -0.117. The molecule has 2 rings (SSSR count). The number of likely N-dealkylation sites (N-methyl/N-ethyl adjacent to an activating group) is 1. The van der Waals surface area contributed by atoms with E-state index in [0.717, 1.165) is 31.6 Å². The lowest BCUT2D eigenvalue weighted by Gasteiger charge is -2.27. The number of carbonyl (C=O) groups is 1. The first-order valence-electron chi connectivity index (χ1n) is 7.50. The average molecular weight is 291 g/mol. The van der Waals surface area contributed by atoms with Crippen LogP contribution in [0, 0.1) is 6.92 Å². The molecule has 0 aliphatic carbocycles. The summed E-state index contributed by atoms with van der Waals surface area (Å²) in [4.78, 5) is 14.0. The van der Waals surface area contributed by atoms with Gasteiger partial charge in [-0.3, -0.25) is 9.69 Å². The number of hydrogen-bond donors (Lipinski definition) is 2. The molecule has 1 aliphatic rings. The minimum absolute atomic E-state index is 0.0520. The van der Waals surface area contributed by atoms with Gasteiger partial charge in [-0.05, 0) is 50.9 Å². The molecule has 1 amide bonds. The second-order valence-corrected chi connectivity index (χ2v) is 5.82. The van der Waals surface area contributed by atoms with Gasteiger partial charge in [-0.15, -0.1) is 0 Å². The fourth-order valence-corrected chi connectivity index (χ4v) is 2.59. The summed E-state index contributed by atoms with van der Waals surface area (Å²) in [6.45, 7) is 3.94. The van der Waals surface area contributed by atoms with E-state index in [1.807, 2.05) is 37.1 Å². The molecule has 116 valence electrons. The van der Waals surface area contributed by atoms with E-state index in [4.69, 9.17) is 10.5 Å². The van der Waals surface area contributed by atoms with Crippen LogP contribution in [-0.2, 0) is 9.53 Å². The lowest BCUT2D eigenvalue weighted by Crippen LogP contribution is -2.37. The number of benzene rings is 1. The van der Waals surface area contributed by atoms with E-state index in [-0.39, 0.29) is 12.0 Å². The Morgan fingerprint density at radius 3 is 2.95 bits per heavy atom. The van der Waals surface area contributed by atoms with Crippen LogP contribution in [-0.4, -0.2) is 43.7 Å². The average Bonchev–Trinajstić information content (AvgIpc) is 2.43. The minimum atomic E-state index is -0.0520. The number of ether oxygens (including phenoxy) is 1. The summed E-state index contributed by atoms with van der Waals surface area (Å²) in [6, 6.07) is 5.63. The van der Waals surface area contributed by atoms with Crippen molar-refractivity contribution >= 4 is 17.3 Å². The third kappa shape index (κ3) is 5.02. The molecule has 0 bridgehead atoms. The molecule has 21 heavy (non-hydrogen) atoms. The molecule has 1 atom stereocenters. The second-order valence-electron chi connectivity index (χ2n) is 5.82. The molecule has 1 aromatic rings. The Morgan fingerprint density at radius 1 is 1.48 bits per heavy atom. The highest BCUT2D eigenvalue weighted by Gasteiger charge is 2.17. The van der Waals surface area contributed by atoms with Crippen molar-refractivity contribution in [3.8, 4) is 0 Å². The van der Waals surface area contributed by atoms with Crippen LogP contribution in [0.25, 0.3) is 0 Å². The first-order chi connectivity index (χ1) is 10.0. The van der Waals surface area contributed by atoms with Gasteiger partial charge in [-0.2, -0.15) is 0 Å². The summed E-state index contributed by atoms with van der Waals surface area (Å²) >= 11 is 0. The summed E-state index contributed by atoms with van der Waals surface area (Å²) in [5.41, 5.74) is 8.25. The number of rotatable bonds is 5. The van der Waals surface area contributed by atoms with Crippen LogP contribution in [0.1, 0.15) is 24.8 Å². The van der Waals surface area contributed by atoms with Gasteiger partial charge in [0.05, 0.1) is 24.0 Å². The number of nitrogen functional groups attached to an aromatic ring is 1. The third-order valence-electron chi connectivity index (χ3n) is 3.68. The summed E-state index contributed by atoms with van der Waals surface area (Å²) in [5, 5.41) is 2.86. The Hall–Kier alpha value is -1.59. The fourth-order valence-electron chi connectivity index (χ4n) is 2.59. The molecular formula is C16H25N3O2. The maximum atomic E-state index is 12.1. The summed E-state index contributed by atoms with van der Waals surface area (Å²) in [5.74, 6) is -0.0520.